The first-order valence-electron chi connectivity index (χ1n) is 19.1. The molecule has 0 aliphatic heterocycles. The number of carbonyl (C=O) groups is 8. The van der Waals surface area contributed by atoms with E-state index in [0.29, 0.717) is 25.7 Å². The molecule has 4 N–H and O–H groups in total. The smallest absolute Gasteiger partial charge is 0.324 e. The molecule has 6 atom stereocenters. The summed E-state index contributed by atoms with van der Waals surface area (Å²) in [5.74, 6) is -4.17. The predicted octanol–water partition coefficient (Wildman–Crippen LogP) is 1.97. The third-order valence-corrected chi connectivity index (χ3v) is 9.58. The van der Waals surface area contributed by atoms with Crippen molar-refractivity contribution in [3.8, 4) is 0 Å². The van der Waals surface area contributed by atoms with Gasteiger partial charge < -0.3 is 35.6 Å². The number of nitrogens with zero attached hydrogens (tertiary/aromatic N) is 4. The van der Waals surface area contributed by atoms with Crippen molar-refractivity contribution in [2.45, 2.75) is 132 Å². The van der Waals surface area contributed by atoms with Gasteiger partial charge in [0.25, 0.3) is 0 Å². The number of rotatable bonds is 21. The second kappa shape index (κ2) is 23.5. The molecule has 54 heavy (non-hydrogen) atoms. The maximum absolute atomic E-state index is 14.1. The zero-order valence-electron chi connectivity index (χ0n) is 35.5. The standard InChI is InChI=1S/C38H70N8O8/c1-16-18-29(47)43(12)21-30(48)46(15)32(25(9)17-2)36(52)41-31(24(7)8)37(53)44(13)28(20-23(5)6)35(51)40-26(10)33(49)42-38(54)45(14)27(19-22(3)4)34(50)39-11/h22-28,31-32H,16-21H2,1-15H3,(H,39,50)(H,40,51)(H,41,52)(H,42,49,54)/t25?,26-,27-,28-,31-,32-/m0/s1. The average molecular weight is 767 g/mol. The molecule has 0 spiro atoms. The van der Waals surface area contributed by atoms with Crippen LogP contribution in [0.1, 0.15) is 101 Å². The zero-order chi connectivity index (χ0) is 42.2. The van der Waals surface area contributed by atoms with E-state index in [1.54, 1.807) is 20.9 Å². The number of urea groups is 1. The molecule has 0 aromatic rings. The molecule has 16 heteroatoms. The van der Waals surface area contributed by atoms with Crippen LogP contribution in [0.15, 0.2) is 0 Å². The van der Waals surface area contributed by atoms with Gasteiger partial charge in [0.15, 0.2) is 0 Å². The van der Waals surface area contributed by atoms with Crippen LogP contribution >= 0.6 is 0 Å². The molecule has 16 nitrogen and oxygen atoms in total. The summed E-state index contributed by atoms with van der Waals surface area (Å²) in [6.45, 7) is 17.9. The minimum atomic E-state index is -1.18. The van der Waals surface area contributed by atoms with E-state index in [1.165, 1.54) is 49.8 Å². The molecule has 0 rings (SSSR count). The first-order valence-corrected chi connectivity index (χ1v) is 19.1. The van der Waals surface area contributed by atoms with Gasteiger partial charge in [0.1, 0.15) is 30.2 Å². The van der Waals surface area contributed by atoms with Gasteiger partial charge in [0.2, 0.25) is 41.4 Å². The molecular weight excluding hydrogens is 696 g/mol. The SMILES string of the molecule is CCCC(=O)N(C)CC(=O)N(C)[C@H](C(=O)N[C@H](C(=O)N(C)[C@@H](CC(C)C)C(=O)N[C@@H](C)C(=O)NC(=O)N(C)[C@@H](CC(C)C)C(=O)NC)C(C)C)C(C)CC. The maximum atomic E-state index is 14.1. The monoisotopic (exact) mass is 767 g/mol. The van der Waals surface area contributed by atoms with E-state index in [0.717, 1.165) is 4.90 Å². The second-order valence-corrected chi connectivity index (χ2v) is 15.6. The predicted molar refractivity (Wildman–Crippen MR) is 208 cm³/mol. The summed E-state index contributed by atoms with van der Waals surface area (Å²) in [5, 5.41) is 10.2. The fourth-order valence-electron chi connectivity index (χ4n) is 5.89. The Morgan fingerprint density at radius 1 is 0.611 bits per heavy atom. The van der Waals surface area contributed by atoms with E-state index in [-0.39, 0.29) is 42.5 Å². The van der Waals surface area contributed by atoms with Crippen LogP contribution in [0.2, 0.25) is 0 Å². The van der Waals surface area contributed by atoms with E-state index >= 15 is 0 Å². The second-order valence-electron chi connectivity index (χ2n) is 15.6. The van der Waals surface area contributed by atoms with Crippen molar-refractivity contribution in [2.24, 2.45) is 23.7 Å². The number of imide groups is 1. The van der Waals surface area contributed by atoms with Gasteiger partial charge in [-0.1, -0.05) is 68.7 Å². The summed E-state index contributed by atoms with van der Waals surface area (Å²) in [7, 11) is 7.38. The van der Waals surface area contributed by atoms with Crippen molar-refractivity contribution >= 4 is 47.4 Å². The molecule has 0 aromatic carbocycles. The van der Waals surface area contributed by atoms with E-state index in [2.05, 4.69) is 21.3 Å². The van der Waals surface area contributed by atoms with Crippen molar-refractivity contribution in [1.82, 2.24) is 40.9 Å². The van der Waals surface area contributed by atoms with Gasteiger partial charge >= 0.3 is 6.03 Å². The maximum Gasteiger partial charge on any atom is 0.324 e. The van der Waals surface area contributed by atoms with Crippen molar-refractivity contribution in [2.75, 3.05) is 41.8 Å². The Kier molecular flexibility index (Phi) is 21.7. The van der Waals surface area contributed by atoms with Crippen LogP contribution in [0.5, 0.6) is 0 Å². The highest BCUT2D eigenvalue weighted by Gasteiger charge is 2.39. The summed E-state index contributed by atoms with van der Waals surface area (Å²) < 4.78 is 0. The molecule has 0 fully saturated rings. The summed E-state index contributed by atoms with van der Waals surface area (Å²) in [5.41, 5.74) is 0. The minimum absolute atomic E-state index is 0.0539. The number of carbonyl (C=O) groups excluding carboxylic acids is 8. The lowest BCUT2D eigenvalue weighted by molar-refractivity contribution is -0.147. The topological polar surface area (TPSA) is 198 Å². The van der Waals surface area contributed by atoms with Crippen molar-refractivity contribution < 1.29 is 38.4 Å². The van der Waals surface area contributed by atoms with Gasteiger partial charge in [-0.05, 0) is 49.9 Å². The first kappa shape index (κ1) is 49.8. The molecule has 0 aromatic heterocycles. The van der Waals surface area contributed by atoms with Crippen molar-refractivity contribution in [1.29, 1.82) is 0 Å². The molecule has 9 amide bonds. The fourth-order valence-corrected chi connectivity index (χ4v) is 5.89. The number of hydrogen-bond acceptors (Lipinski definition) is 8. The normalized spacial score (nSPS) is 14.6. The summed E-state index contributed by atoms with van der Waals surface area (Å²) in [6, 6.07) is -5.86. The Labute approximate surface area is 323 Å². The number of amides is 9. The average Bonchev–Trinajstić information content (AvgIpc) is 3.09. The Balaban J connectivity index is 6.11. The number of hydrogen-bond donors (Lipinski definition) is 4. The Hall–Kier alpha value is -4.24. The van der Waals surface area contributed by atoms with E-state index in [4.69, 9.17) is 0 Å². The van der Waals surface area contributed by atoms with Gasteiger partial charge in [-0.15, -0.1) is 0 Å². The molecule has 310 valence electrons. The first-order chi connectivity index (χ1) is 25.0. The highest BCUT2D eigenvalue weighted by molar-refractivity contribution is 6.01. The highest BCUT2D eigenvalue weighted by atomic mass is 16.2. The third-order valence-electron chi connectivity index (χ3n) is 9.58. The molecule has 0 saturated carbocycles. The lowest BCUT2D eigenvalue weighted by Crippen LogP contribution is -2.61. The van der Waals surface area contributed by atoms with Gasteiger partial charge in [0.05, 0.1) is 6.54 Å². The van der Waals surface area contributed by atoms with Crippen molar-refractivity contribution in [3.63, 3.8) is 0 Å². The summed E-state index contributed by atoms with van der Waals surface area (Å²) >= 11 is 0. The number of nitrogens with one attached hydrogen (secondary N) is 4. The van der Waals surface area contributed by atoms with Gasteiger partial charge in [-0.25, -0.2) is 4.79 Å². The minimum Gasteiger partial charge on any atom is -0.357 e. The van der Waals surface area contributed by atoms with E-state index < -0.39 is 71.7 Å². The Morgan fingerprint density at radius 3 is 1.57 bits per heavy atom. The van der Waals surface area contributed by atoms with E-state index in [1.807, 2.05) is 48.5 Å². The Bertz CT molecular complexity index is 1310. The Morgan fingerprint density at radius 2 is 1.13 bits per heavy atom. The van der Waals surface area contributed by atoms with Gasteiger partial charge in [-0.2, -0.15) is 0 Å². The van der Waals surface area contributed by atoms with Crippen molar-refractivity contribution in [3.05, 3.63) is 0 Å². The number of likely N-dealkylation sites (N-methyl/N-ethyl adjacent to an activating group) is 5. The quantitative estimate of drug-likeness (QED) is 0.136. The molecule has 0 saturated heterocycles. The molecule has 0 radical (unpaired) electrons. The van der Waals surface area contributed by atoms with Crippen LogP contribution < -0.4 is 21.3 Å². The lowest BCUT2D eigenvalue weighted by Gasteiger charge is -2.36. The lowest BCUT2D eigenvalue weighted by atomic mass is 9.94. The van der Waals surface area contributed by atoms with Crippen LogP contribution in [0.25, 0.3) is 0 Å². The molecule has 0 aliphatic rings. The fraction of sp³-hybridized carbons (Fsp3) is 0.789. The molecular formula is C38H70N8O8. The molecule has 0 aliphatic carbocycles. The highest BCUT2D eigenvalue weighted by Crippen LogP contribution is 2.19. The van der Waals surface area contributed by atoms with Crippen LogP contribution in [0, 0.1) is 23.7 Å². The van der Waals surface area contributed by atoms with Gasteiger partial charge in [-0.3, -0.25) is 38.9 Å². The zero-order valence-corrected chi connectivity index (χ0v) is 35.5. The van der Waals surface area contributed by atoms with Crippen LogP contribution in [0.3, 0.4) is 0 Å². The van der Waals surface area contributed by atoms with Crippen LogP contribution in [-0.2, 0) is 33.6 Å². The largest absolute Gasteiger partial charge is 0.357 e. The van der Waals surface area contributed by atoms with Crippen LogP contribution in [0.4, 0.5) is 4.79 Å². The molecule has 0 bridgehead atoms. The van der Waals surface area contributed by atoms with Crippen LogP contribution in [-0.4, -0.2) is 139 Å². The summed E-state index contributed by atoms with van der Waals surface area (Å²) in [4.78, 5) is 111. The molecule has 0 heterocycles. The summed E-state index contributed by atoms with van der Waals surface area (Å²) in [6.07, 6.45) is 2.08. The molecule has 1 unspecified atom stereocenters. The van der Waals surface area contributed by atoms with Gasteiger partial charge in [0, 0.05) is 41.7 Å². The third kappa shape index (κ3) is 15.2. The van der Waals surface area contributed by atoms with E-state index in [9.17, 15) is 38.4 Å².